The Hall–Kier alpha value is -3.53. The molecule has 0 fully saturated rings. The van der Waals surface area contributed by atoms with E-state index in [0.717, 1.165) is 39.2 Å². The molecule has 5 rings (SSSR count). The first-order valence-electron chi connectivity index (χ1n) is 8.76. The van der Waals surface area contributed by atoms with Crippen molar-refractivity contribution in [3.8, 4) is 11.3 Å². The van der Waals surface area contributed by atoms with Crippen LogP contribution in [-0.2, 0) is 0 Å². The third kappa shape index (κ3) is 2.66. The SMILES string of the molecule is Cc1ccc(-c2onc3ccc(C4=[N+](c5ccc(F)cc5)C=C4)cc23)cc1. The van der Waals surface area contributed by atoms with Crippen molar-refractivity contribution in [3.63, 3.8) is 0 Å². The zero-order valence-corrected chi connectivity index (χ0v) is 14.7. The zero-order chi connectivity index (χ0) is 18.4. The van der Waals surface area contributed by atoms with E-state index in [4.69, 9.17) is 4.52 Å². The Morgan fingerprint density at radius 1 is 0.889 bits per heavy atom. The summed E-state index contributed by atoms with van der Waals surface area (Å²) in [6, 6.07) is 20.8. The zero-order valence-electron chi connectivity index (χ0n) is 14.7. The number of fused-ring (bicyclic) bond motifs is 1. The van der Waals surface area contributed by atoms with Crippen LogP contribution in [0.4, 0.5) is 10.1 Å². The molecule has 1 aliphatic heterocycles. The van der Waals surface area contributed by atoms with E-state index in [1.54, 1.807) is 12.1 Å². The number of hydrogen-bond acceptors (Lipinski definition) is 2. The lowest BCUT2D eigenvalue weighted by Crippen LogP contribution is -2.19. The number of nitrogens with zero attached hydrogens (tertiary/aromatic N) is 2. The Morgan fingerprint density at radius 2 is 1.63 bits per heavy atom. The van der Waals surface area contributed by atoms with Crippen LogP contribution < -0.4 is 0 Å². The molecule has 4 heteroatoms. The molecule has 0 spiro atoms. The maximum absolute atomic E-state index is 13.2. The number of rotatable bonds is 3. The highest BCUT2D eigenvalue weighted by Crippen LogP contribution is 2.31. The van der Waals surface area contributed by atoms with E-state index in [2.05, 4.69) is 30.3 Å². The van der Waals surface area contributed by atoms with Gasteiger partial charge in [0, 0.05) is 23.3 Å². The van der Waals surface area contributed by atoms with Gasteiger partial charge < -0.3 is 4.52 Å². The van der Waals surface area contributed by atoms with Crippen LogP contribution in [0.3, 0.4) is 0 Å². The summed E-state index contributed by atoms with van der Waals surface area (Å²) in [5, 5.41) is 5.17. The lowest BCUT2D eigenvalue weighted by Gasteiger charge is -2.09. The maximum Gasteiger partial charge on any atom is 0.224 e. The molecule has 0 amide bonds. The Labute approximate surface area is 155 Å². The fourth-order valence-electron chi connectivity index (χ4n) is 3.30. The summed E-state index contributed by atoms with van der Waals surface area (Å²) in [6.07, 6.45) is 4.02. The molecule has 0 saturated heterocycles. The van der Waals surface area contributed by atoms with Crippen LogP contribution >= 0.6 is 0 Å². The third-order valence-corrected chi connectivity index (χ3v) is 4.83. The van der Waals surface area contributed by atoms with Crippen LogP contribution in [0.5, 0.6) is 0 Å². The van der Waals surface area contributed by atoms with Crippen molar-refractivity contribution in [3.05, 3.63) is 96.0 Å². The summed E-state index contributed by atoms with van der Waals surface area (Å²) >= 11 is 0. The van der Waals surface area contributed by atoms with Gasteiger partial charge in [0.15, 0.2) is 12.0 Å². The van der Waals surface area contributed by atoms with Gasteiger partial charge in [0.05, 0.1) is 11.5 Å². The second kappa shape index (κ2) is 6.02. The van der Waals surface area contributed by atoms with Gasteiger partial charge in [0.2, 0.25) is 11.4 Å². The fraction of sp³-hybridized carbons (Fsp3) is 0.0435. The molecule has 0 unspecified atom stereocenters. The van der Waals surface area contributed by atoms with Crippen molar-refractivity contribution in [2.75, 3.05) is 0 Å². The van der Waals surface area contributed by atoms with E-state index in [-0.39, 0.29) is 5.82 Å². The first-order valence-corrected chi connectivity index (χ1v) is 8.76. The Morgan fingerprint density at radius 3 is 2.33 bits per heavy atom. The molecule has 0 radical (unpaired) electrons. The van der Waals surface area contributed by atoms with Gasteiger partial charge in [-0.1, -0.05) is 35.0 Å². The van der Waals surface area contributed by atoms with Crippen LogP contribution in [0.2, 0.25) is 0 Å². The van der Waals surface area contributed by atoms with Gasteiger partial charge in [0.25, 0.3) is 0 Å². The summed E-state index contributed by atoms with van der Waals surface area (Å²) in [6.45, 7) is 2.06. The molecule has 3 nitrogen and oxygen atoms in total. The second-order valence-electron chi connectivity index (χ2n) is 6.66. The van der Waals surface area contributed by atoms with Crippen molar-refractivity contribution in [2.24, 2.45) is 0 Å². The van der Waals surface area contributed by atoms with Gasteiger partial charge in [-0.15, -0.1) is 0 Å². The molecule has 130 valence electrons. The van der Waals surface area contributed by atoms with Crippen LogP contribution in [0.1, 0.15) is 11.1 Å². The van der Waals surface area contributed by atoms with E-state index < -0.39 is 0 Å². The van der Waals surface area contributed by atoms with Crippen LogP contribution in [0.15, 0.2) is 83.5 Å². The lowest BCUT2D eigenvalue weighted by molar-refractivity contribution is -0.370. The normalized spacial score (nSPS) is 13.3. The third-order valence-electron chi connectivity index (χ3n) is 4.83. The van der Waals surface area contributed by atoms with Gasteiger partial charge in [-0.05, 0) is 37.3 Å². The van der Waals surface area contributed by atoms with E-state index >= 15 is 0 Å². The first kappa shape index (κ1) is 15.7. The topological polar surface area (TPSA) is 29.0 Å². The van der Waals surface area contributed by atoms with E-state index in [1.165, 1.54) is 17.7 Å². The minimum Gasteiger partial charge on any atom is -0.355 e. The van der Waals surface area contributed by atoms with Crippen LogP contribution in [0, 0.1) is 12.7 Å². The molecular formula is C23H16FN2O+. The highest BCUT2D eigenvalue weighted by molar-refractivity contribution is 6.10. The van der Waals surface area contributed by atoms with Gasteiger partial charge in [-0.2, -0.15) is 4.58 Å². The van der Waals surface area contributed by atoms with Crippen molar-refractivity contribution in [1.29, 1.82) is 0 Å². The average molecular weight is 355 g/mol. The fourth-order valence-corrected chi connectivity index (χ4v) is 3.30. The Bertz CT molecular complexity index is 1220. The molecule has 2 heterocycles. The molecule has 0 N–H and O–H groups in total. The predicted octanol–water partition coefficient (Wildman–Crippen LogP) is 5.60. The number of aryl methyl sites for hydroxylation is 1. The van der Waals surface area contributed by atoms with Gasteiger partial charge in [0.1, 0.15) is 11.3 Å². The molecule has 27 heavy (non-hydrogen) atoms. The number of benzene rings is 3. The first-order chi connectivity index (χ1) is 13.2. The standard InChI is InChI=1S/C23H16FN2O/c1-15-2-4-16(5-3-15)23-20-14-17(6-11-21(20)25-27-23)22-12-13-26(22)19-9-7-18(24)8-10-19/h2-14H,1H3/q+1. The number of halogens is 1. The van der Waals surface area contributed by atoms with E-state index in [0.29, 0.717) is 0 Å². The van der Waals surface area contributed by atoms with Crippen molar-refractivity contribution in [1.82, 2.24) is 5.16 Å². The summed E-state index contributed by atoms with van der Waals surface area (Å²) in [4.78, 5) is 0. The second-order valence-corrected chi connectivity index (χ2v) is 6.66. The van der Waals surface area contributed by atoms with Crippen molar-refractivity contribution >= 4 is 22.3 Å². The van der Waals surface area contributed by atoms with Gasteiger partial charge in [-0.25, -0.2) is 4.39 Å². The lowest BCUT2D eigenvalue weighted by atomic mass is 10.0. The smallest absolute Gasteiger partial charge is 0.224 e. The largest absolute Gasteiger partial charge is 0.355 e. The average Bonchev–Trinajstić information content (AvgIpc) is 3.07. The molecule has 1 aromatic heterocycles. The predicted molar refractivity (Wildman–Crippen MR) is 104 cm³/mol. The summed E-state index contributed by atoms with van der Waals surface area (Å²) in [5.41, 5.74) is 6.08. The number of hydrogen-bond donors (Lipinski definition) is 0. The quantitative estimate of drug-likeness (QED) is 0.447. The van der Waals surface area contributed by atoms with Crippen LogP contribution in [-0.4, -0.2) is 15.4 Å². The molecule has 1 aliphatic rings. The maximum atomic E-state index is 13.2. The van der Waals surface area contributed by atoms with Crippen LogP contribution in [0.25, 0.3) is 22.2 Å². The van der Waals surface area contributed by atoms with Gasteiger partial charge >= 0.3 is 0 Å². The summed E-state index contributed by atoms with van der Waals surface area (Å²) in [7, 11) is 0. The minimum absolute atomic E-state index is 0.238. The van der Waals surface area contributed by atoms with E-state index in [1.807, 2.05) is 41.1 Å². The molecule has 0 aliphatic carbocycles. The van der Waals surface area contributed by atoms with Gasteiger partial charge in [-0.3, -0.25) is 0 Å². The molecule has 4 aromatic rings. The van der Waals surface area contributed by atoms with Crippen molar-refractivity contribution in [2.45, 2.75) is 6.92 Å². The minimum atomic E-state index is -0.238. The monoisotopic (exact) mass is 355 g/mol. The summed E-state index contributed by atoms with van der Waals surface area (Å²) < 4.78 is 20.9. The molecule has 0 saturated carbocycles. The number of aromatic nitrogens is 1. The van der Waals surface area contributed by atoms with Crippen molar-refractivity contribution < 1.29 is 13.5 Å². The highest BCUT2D eigenvalue weighted by Gasteiger charge is 2.25. The molecule has 0 atom stereocenters. The summed E-state index contributed by atoms with van der Waals surface area (Å²) in [5.74, 6) is 0.530. The molecule has 0 bridgehead atoms. The number of allylic oxidation sites excluding steroid dienone is 1. The Balaban J connectivity index is 1.60. The Kier molecular flexibility index (Phi) is 3.50. The van der Waals surface area contributed by atoms with E-state index in [9.17, 15) is 4.39 Å². The molecular weight excluding hydrogens is 339 g/mol. The molecule has 3 aromatic carbocycles. The highest BCUT2D eigenvalue weighted by atomic mass is 19.1.